The van der Waals surface area contributed by atoms with E-state index in [0.717, 1.165) is 57.8 Å². The highest BCUT2D eigenvalue weighted by atomic mass is 35.5. The molecule has 1 aromatic rings. The van der Waals surface area contributed by atoms with Crippen LogP contribution in [-0.2, 0) is 4.74 Å². The molecule has 2 aliphatic rings. The number of hydrogen-bond donors (Lipinski definition) is 1. The first-order valence-electron chi connectivity index (χ1n) is 7.49. The SMILES string of the molecule is Cl.Cl.Fc1ncccc1[C@H](C1CCOCC1)N1CCNCC1. The van der Waals surface area contributed by atoms with Crippen molar-refractivity contribution in [3.63, 3.8) is 0 Å². The quantitative estimate of drug-likeness (QED) is 0.848. The Labute approximate surface area is 143 Å². The van der Waals surface area contributed by atoms with Crippen LogP contribution in [0.1, 0.15) is 24.4 Å². The number of ether oxygens (including phenoxy) is 1. The van der Waals surface area contributed by atoms with Gasteiger partial charge in [0.15, 0.2) is 0 Å². The Morgan fingerprint density at radius 2 is 1.91 bits per heavy atom. The van der Waals surface area contributed by atoms with Gasteiger partial charge < -0.3 is 10.1 Å². The molecule has 0 unspecified atom stereocenters. The van der Waals surface area contributed by atoms with Gasteiger partial charge in [0.2, 0.25) is 5.95 Å². The second kappa shape index (κ2) is 9.63. The second-order valence-electron chi connectivity index (χ2n) is 5.56. The molecular weight excluding hydrogens is 328 g/mol. The Hall–Kier alpha value is -0.460. The average Bonchev–Trinajstić information content (AvgIpc) is 2.52. The Morgan fingerprint density at radius 3 is 2.55 bits per heavy atom. The molecule has 2 aliphatic heterocycles. The van der Waals surface area contributed by atoms with Gasteiger partial charge in [-0.1, -0.05) is 6.07 Å². The molecule has 0 radical (unpaired) electrons. The summed E-state index contributed by atoms with van der Waals surface area (Å²) >= 11 is 0. The van der Waals surface area contributed by atoms with E-state index < -0.39 is 0 Å². The first-order valence-corrected chi connectivity index (χ1v) is 7.49. The lowest BCUT2D eigenvalue weighted by Gasteiger charge is -2.41. The van der Waals surface area contributed by atoms with Crippen LogP contribution < -0.4 is 5.32 Å². The van der Waals surface area contributed by atoms with E-state index in [4.69, 9.17) is 4.74 Å². The standard InChI is InChI=1S/C15H22FN3O.2ClH/c16-15-13(2-1-5-18-15)14(12-3-10-20-11-4-12)19-8-6-17-7-9-19;;/h1-2,5,12,14,17H,3-4,6-11H2;2*1H/t14-;;/m0../s1. The number of piperazine rings is 1. The van der Waals surface area contributed by atoms with Crippen molar-refractivity contribution < 1.29 is 9.13 Å². The van der Waals surface area contributed by atoms with Crippen molar-refractivity contribution in [3.8, 4) is 0 Å². The molecule has 7 heteroatoms. The Kier molecular flexibility index (Phi) is 8.57. The zero-order chi connectivity index (χ0) is 13.8. The largest absolute Gasteiger partial charge is 0.381 e. The molecule has 3 rings (SSSR count). The van der Waals surface area contributed by atoms with Gasteiger partial charge in [-0.25, -0.2) is 4.98 Å². The monoisotopic (exact) mass is 351 g/mol. The van der Waals surface area contributed by atoms with Crippen LogP contribution in [0.25, 0.3) is 0 Å². The molecule has 0 amide bonds. The maximum Gasteiger partial charge on any atom is 0.217 e. The van der Waals surface area contributed by atoms with Crippen molar-refractivity contribution in [2.75, 3.05) is 39.4 Å². The maximum atomic E-state index is 14.2. The normalized spacial score (nSPS) is 21.5. The van der Waals surface area contributed by atoms with Crippen molar-refractivity contribution in [3.05, 3.63) is 29.8 Å². The summed E-state index contributed by atoms with van der Waals surface area (Å²) in [5.41, 5.74) is 0.751. The van der Waals surface area contributed by atoms with Crippen LogP contribution in [0.2, 0.25) is 0 Å². The van der Waals surface area contributed by atoms with E-state index in [1.807, 2.05) is 12.1 Å². The summed E-state index contributed by atoms with van der Waals surface area (Å²) < 4.78 is 19.6. The summed E-state index contributed by atoms with van der Waals surface area (Å²) in [6.07, 6.45) is 3.53. The number of rotatable bonds is 3. The molecule has 3 heterocycles. The minimum absolute atomic E-state index is 0. The molecule has 0 bridgehead atoms. The first kappa shape index (κ1) is 19.6. The predicted molar refractivity (Wildman–Crippen MR) is 89.4 cm³/mol. The third-order valence-electron chi connectivity index (χ3n) is 4.36. The molecule has 22 heavy (non-hydrogen) atoms. The maximum absolute atomic E-state index is 14.2. The molecule has 0 aliphatic carbocycles. The van der Waals surface area contributed by atoms with Gasteiger partial charge in [0.1, 0.15) is 0 Å². The van der Waals surface area contributed by atoms with Crippen molar-refractivity contribution in [1.82, 2.24) is 15.2 Å². The van der Waals surface area contributed by atoms with E-state index in [0.29, 0.717) is 5.92 Å². The Balaban J connectivity index is 0.00000121. The molecule has 1 aromatic heterocycles. The number of halogens is 3. The zero-order valence-electron chi connectivity index (χ0n) is 12.5. The van der Waals surface area contributed by atoms with E-state index in [2.05, 4.69) is 15.2 Å². The fourth-order valence-corrected chi connectivity index (χ4v) is 3.36. The van der Waals surface area contributed by atoms with Crippen molar-refractivity contribution in [1.29, 1.82) is 0 Å². The predicted octanol–water partition coefficient (Wildman–Crippen LogP) is 2.44. The van der Waals surface area contributed by atoms with E-state index in [9.17, 15) is 4.39 Å². The summed E-state index contributed by atoms with van der Waals surface area (Å²) in [7, 11) is 0. The van der Waals surface area contributed by atoms with Crippen LogP contribution in [-0.4, -0.2) is 49.3 Å². The average molecular weight is 352 g/mol. The zero-order valence-corrected chi connectivity index (χ0v) is 14.2. The van der Waals surface area contributed by atoms with Gasteiger partial charge in [-0.2, -0.15) is 4.39 Å². The molecule has 0 saturated carbocycles. The van der Waals surface area contributed by atoms with Crippen molar-refractivity contribution in [2.45, 2.75) is 18.9 Å². The van der Waals surface area contributed by atoms with E-state index >= 15 is 0 Å². The number of hydrogen-bond acceptors (Lipinski definition) is 4. The van der Waals surface area contributed by atoms with Crippen molar-refractivity contribution >= 4 is 24.8 Å². The van der Waals surface area contributed by atoms with Gasteiger partial charge in [-0.15, -0.1) is 24.8 Å². The number of nitrogens with one attached hydrogen (secondary N) is 1. The smallest absolute Gasteiger partial charge is 0.217 e. The van der Waals surface area contributed by atoms with Crippen LogP contribution in [0.5, 0.6) is 0 Å². The second-order valence-corrected chi connectivity index (χ2v) is 5.56. The highest BCUT2D eigenvalue weighted by molar-refractivity contribution is 5.85. The fourth-order valence-electron chi connectivity index (χ4n) is 3.36. The molecule has 2 saturated heterocycles. The van der Waals surface area contributed by atoms with Crippen LogP contribution in [0.3, 0.4) is 0 Å². The van der Waals surface area contributed by atoms with E-state index in [1.165, 1.54) is 6.20 Å². The third kappa shape index (κ3) is 4.52. The van der Waals surface area contributed by atoms with Crippen molar-refractivity contribution in [2.24, 2.45) is 5.92 Å². The van der Waals surface area contributed by atoms with Gasteiger partial charge in [0.25, 0.3) is 0 Å². The molecule has 1 atom stereocenters. The van der Waals surface area contributed by atoms with Crippen LogP contribution in [0, 0.1) is 11.9 Å². The molecule has 4 nitrogen and oxygen atoms in total. The molecule has 126 valence electrons. The van der Waals surface area contributed by atoms with Gasteiger partial charge >= 0.3 is 0 Å². The lowest BCUT2D eigenvalue weighted by molar-refractivity contribution is 0.0200. The lowest BCUT2D eigenvalue weighted by Crippen LogP contribution is -2.47. The van der Waals surface area contributed by atoms with E-state index in [-0.39, 0.29) is 36.8 Å². The summed E-state index contributed by atoms with van der Waals surface area (Å²) in [4.78, 5) is 6.26. The topological polar surface area (TPSA) is 37.4 Å². The molecule has 0 aromatic carbocycles. The summed E-state index contributed by atoms with van der Waals surface area (Å²) in [5, 5.41) is 3.36. The summed E-state index contributed by atoms with van der Waals surface area (Å²) in [5.74, 6) is 0.142. The lowest BCUT2D eigenvalue weighted by atomic mass is 9.86. The number of aromatic nitrogens is 1. The van der Waals surface area contributed by atoms with Crippen LogP contribution in [0.4, 0.5) is 4.39 Å². The first-order chi connectivity index (χ1) is 9.86. The Morgan fingerprint density at radius 1 is 1.23 bits per heavy atom. The summed E-state index contributed by atoms with van der Waals surface area (Å²) in [6.45, 7) is 5.46. The van der Waals surface area contributed by atoms with Crippen LogP contribution >= 0.6 is 24.8 Å². The number of nitrogens with zero attached hydrogens (tertiary/aromatic N) is 2. The summed E-state index contributed by atoms with van der Waals surface area (Å²) in [6, 6.07) is 3.87. The minimum Gasteiger partial charge on any atom is -0.381 e. The third-order valence-corrected chi connectivity index (χ3v) is 4.36. The highest BCUT2D eigenvalue weighted by Crippen LogP contribution is 2.35. The Bertz CT molecular complexity index is 423. The van der Waals surface area contributed by atoms with E-state index in [1.54, 1.807) is 0 Å². The van der Waals surface area contributed by atoms with Gasteiger partial charge in [0, 0.05) is 57.2 Å². The van der Waals surface area contributed by atoms with Gasteiger partial charge in [-0.3, -0.25) is 4.90 Å². The van der Waals surface area contributed by atoms with Crippen LogP contribution in [0.15, 0.2) is 18.3 Å². The molecule has 2 fully saturated rings. The number of pyridine rings is 1. The fraction of sp³-hybridized carbons (Fsp3) is 0.667. The molecule has 1 N–H and O–H groups in total. The van der Waals surface area contributed by atoms with Gasteiger partial charge in [-0.05, 0) is 24.8 Å². The molecular formula is C15H24Cl2FN3O. The van der Waals surface area contributed by atoms with Gasteiger partial charge in [0.05, 0.1) is 0 Å². The minimum atomic E-state index is -0.317. The molecule has 0 spiro atoms. The highest BCUT2D eigenvalue weighted by Gasteiger charge is 2.33.